The van der Waals surface area contributed by atoms with Crippen LogP contribution < -0.4 is 10.0 Å². The van der Waals surface area contributed by atoms with Crippen molar-refractivity contribution in [1.29, 1.82) is 0 Å². The Balaban J connectivity index is 2.45. The summed E-state index contributed by atoms with van der Waals surface area (Å²) in [7, 11) is -4.76. The molecule has 0 fully saturated rings. The van der Waals surface area contributed by atoms with Crippen LogP contribution in [0.1, 0.15) is 58.9 Å². The Morgan fingerprint density at radius 2 is 1.71 bits per heavy atom. The van der Waals surface area contributed by atoms with E-state index < -0.39 is 32.7 Å². The van der Waals surface area contributed by atoms with Crippen molar-refractivity contribution in [2.75, 3.05) is 18.8 Å². The van der Waals surface area contributed by atoms with Crippen molar-refractivity contribution in [3.63, 3.8) is 0 Å². The van der Waals surface area contributed by atoms with E-state index in [-0.39, 0.29) is 54.9 Å². The van der Waals surface area contributed by atoms with Gasteiger partial charge in [0.2, 0.25) is 11.8 Å². The topological polar surface area (TPSA) is 133 Å². The number of amides is 3. The van der Waals surface area contributed by atoms with E-state index in [1.165, 1.54) is 17.0 Å². The molecule has 2 atom stereocenters. The van der Waals surface area contributed by atoms with E-state index in [9.17, 15) is 27.9 Å². The number of aliphatic hydroxyl groups is 1. The fraction of sp³-hybridized carbons (Fsp3) is 0.500. The molecule has 0 saturated carbocycles. The first-order valence-electron chi connectivity index (χ1n) is 14.1. The van der Waals surface area contributed by atoms with Gasteiger partial charge in [-0.25, -0.2) is 17.5 Å². The first kappa shape index (κ1) is 35.2. The fourth-order valence-electron chi connectivity index (χ4n) is 4.37. The Morgan fingerprint density at radius 3 is 2.29 bits per heavy atom. The third-order valence-electron chi connectivity index (χ3n) is 6.63. The smallest absolute Gasteiger partial charge is 0.267 e. The number of thiol groups is 1. The van der Waals surface area contributed by atoms with Crippen LogP contribution in [-0.2, 0) is 31.0 Å². The highest BCUT2D eigenvalue weighted by molar-refractivity contribution is 7.90. The number of carbonyl (C=O) groups excluding carboxylic acids is 3. The van der Waals surface area contributed by atoms with Crippen LogP contribution in [0.3, 0.4) is 0 Å². The number of aliphatic hydroxyl groups excluding tert-OH is 1. The van der Waals surface area contributed by atoms with Crippen molar-refractivity contribution in [3.8, 4) is 11.1 Å². The van der Waals surface area contributed by atoms with Crippen molar-refractivity contribution in [1.82, 2.24) is 14.9 Å². The molecular formula is C30H42FN3O6S2. The zero-order valence-electron chi connectivity index (χ0n) is 24.6. The molecule has 0 aliphatic rings. The van der Waals surface area contributed by atoms with Gasteiger partial charge in [0.25, 0.3) is 15.9 Å². The fourth-order valence-corrected chi connectivity index (χ4v) is 6.07. The number of halogens is 1. The van der Waals surface area contributed by atoms with Gasteiger partial charge in [-0.3, -0.25) is 14.4 Å². The number of carbonyl (C=O) groups is 3. The summed E-state index contributed by atoms with van der Waals surface area (Å²) in [5, 5.41) is 12.4. The lowest BCUT2D eigenvalue weighted by molar-refractivity contribution is -0.132. The maximum Gasteiger partial charge on any atom is 0.267 e. The third-order valence-corrected chi connectivity index (χ3v) is 8.48. The van der Waals surface area contributed by atoms with Crippen LogP contribution in [0, 0.1) is 17.7 Å². The second-order valence-corrected chi connectivity index (χ2v) is 12.6. The molecule has 0 saturated heterocycles. The highest BCUT2D eigenvalue weighted by Gasteiger charge is 2.30. The van der Waals surface area contributed by atoms with Gasteiger partial charge in [-0.05, 0) is 31.2 Å². The van der Waals surface area contributed by atoms with Gasteiger partial charge in [-0.15, -0.1) is 0 Å². The molecule has 42 heavy (non-hydrogen) atoms. The molecule has 0 unspecified atom stereocenters. The van der Waals surface area contributed by atoms with E-state index in [0.717, 1.165) is 13.3 Å². The van der Waals surface area contributed by atoms with Crippen LogP contribution in [0.5, 0.6) is 0 Å². The molecule has 3 N–H and O–H groups in total. The van der Waals surface area contributed by atoms with Crippen molar-refractivity contribution < 1.29 is 32.3 Å². The molecule has 3 amide bonds. The number of rotatable bonds is 16. The van der Waals surface area contributed by atoms with Crippen LogP contribution in [0.25, 0.3) is 11.1 Å². The molecule has 2 aromatic carbocycles. The number of benzene rings is 2. The number of hydrogen-bond donors (Lipinski definition) is 4. The van der Waals surface area contributed by atoms with E-state index in [4.69, 9.17) is 0 Å². The van der Waals surface area contributed by atoms with Crippen LogP contribution in [0.15, 0.2) is 47.4 Å². The quantitative estimate of drug-likeness (QED) is 0.210. The average molecular weight is 624 g/mol. The summed E-state index contributed by atoms with van der Waals surface area (Å²) in [6.45, 7) is 7.00. The summed E-state index contributed by atoms with van der Waals surface area (Å²) in [6.07, 6.45) is 0.599. The molecule has 232 valence electrons. The highest BCUT2D eigenvalue weighted by Crippen LogP contribution is 2.32. The number of unbranched alkanes of at least 4 members (excludes halogenated alkanes) is 1. The Morgan fingerprint density at radius 1 is 1.05 bits per heavy atom. The maximum atomic E-state index is 16.2. The molecule has 0 heterocycles. The molecule has 0 aromatic heterocycles. The van der Waals surface area contributed by atoms with Gasteiger partial charge in [0.15, 0.2) is 0 Å². The minimum Gasteiger partial charge on any atom is -0.384 e. The summed E-state index contributed by atoms with van der Waals surface area (Å²) < 4.78 is 44.4. The number of nitrogens with zero attached hydrogens (tertiary/aromatic N) is 1. The van der Waals surface area contributed by atoms with E-state index in [1.807, 2.05) is 20.8 Å². The van der Waals surface area contributed by atoms with Crippen LogP contribution in [0.2, 0.25) is 0 Å². The molecule has 12 heteroatoms. The minimum absolute atomic E-state index is 0.0156. The van der Waals surface area contributed by atoms with Gasteiger partial charge >= 0.3 is 0 Å². The molecule has 2 rings (SSSR count). The minimum atomic E-state index is -4.76. The van der Waals surface area contributed by atoms with Gasteiger partial charge in [0.05, 0.1) is 0 Å². The summed E-state index contributed by atoms with van der Waals surface area (Å²) in [5.41, 5.74) is 0.331. The SMILES string of the molecule is CCCCC(=O)N(CCNC(=O)[C@@H](CS)CC(C)C)Cc1ccc(-c2ccccc2)c(S(=O)(=O)NC(=O)[C@H](C)O)c1F. The Bertz CT molecular complexity index is 1320. The summed E-state index contributed by atoms with van der Waals surface area (Å²) >= 11 is 4.28. The van der Waals surface area contributed by atoms with Gasteiger partial charge in [0, 0.05) is 48.9 Å². The third kappa shape index (κ3) is 10.1. The van der Waals surface area contributed by atoms with Gasteiger partial charge in [-0.2, -0.15) is 12.6 Å². The monoisotopic (exact) mass is 623 g/mol. The molecule has 0 aliphatic carbocycles. The molecule has 9 nitrogen and oxygen atoms in total. The van der Waals surface area contributed by atoms with Crippen LogP contribution in [0.4, 0.5) is 4.39 Å². The molecule has 2 aromatic rings. The standard InChI is InChI=1S/C30H42FN3O6S2/c1-5-6-12-26(36)34(16-15-32-30(38)24(19-41)17-20(2)3)18-23-13-14-25(22-10-8-7-9-11-22)28(27(23)31)42(39,40)33-29(37)21(4)35/h7-11,13-14,20-21,24,35,41H,5-6,12,15-19H2,1-4H3,(H,32,38)(H,33,37)/t21-,24+/m0/s1. The summed E-state index contributed by atoms with van der Waals surface area (Å²) in [4.78, 5) is 38.5. The number of sulfonamides is 1. The van der Waals surface area contributed by atoms with Crippen LogP contribution >= 0.6 is 12.6 Å². The predicted molar refractivity (Wildman–Crippen MR) is 164 cm³/mol. The summed E-state index contributed by atoms with van der Waals surface area (Å²) in [5.74, 6) is -2.37. The van der Waals surface area contributed by atoms with Crippen molar-refractivity contribution in [3.05, 3.63) is 53.8 Å². The van der Waals surface area contributed by atoms with Gasteiger partial charge < -0.3 is 15.3 Å². The lowest BCUT2D eigenvalue weighted by Gasteiger charge is -2.25. The lowest BCUT2D eigenvalue weighted by atomic mass is 9.98. The first-order chi connectivity index (χ1) is 19.8. The molecule has 0 radical (unpaired) electrons. The van der Waals surface area contributed by atoms with Crippen LogP contribution in [-0.4, -0.2) is 61.1 Å². The second-order valence-electron chi connectivity index (χ2n) is 10.6. The average Bonchev–Trinajstić information content (AvgIpc) is 2.94. The molecule has 0 bridgehead atoms. The largest absolute Gasteiger partial charge is 0.384 e. The second kappa shape index (κ2) is 16.6. The Kier molecular flexibility index (Phi) is 13.9. The van der Waals surface area contributed by atoms with Gasteiger partial charge in [-0.1, -0.05) is 69.7 Å². The Hall–Kier alpha value is -2.96. The Labute approximate surface area is 253 Å². The van der Waals surface area contributed by atoms with Crippen molar-refractivity contribution in [2.45, 2.75) is 70.9 Å². The number of nitrogens with one attached hydrogen (secondary N) is 2. The van der Waals surface area contributed by atoms with Crippen molar-refractivity contribution >= 4 is 40.4 Å². The van der Waals surface area contributed by atoms with Crippen molar-refractivity contribution in [2.24, 2.45) is 11.8 Å². The normalized spacial score (nSPS) is 13.0. The molecule has 0 spiro atoms. The predicted octanol–water partition coefficient (Wildman–Crippen LogP) is 3.91. The van der Waals surface area contributed by atoms with E-state index in [2.05, 4.69) is 17.9 Å². The van der Waals surface area contributed by atoms with E-state index in [1.54, 1.807) is 35.1 Å². The van der Waals surface area contributed by atoms with Gasteiger partial charge in [0.1, 0.15) is 16.8 Å². The highest BCUT2D eigenvalue weighted by atomic mass is 32.2. The zero-order chi connectivity index (χ0) is 31.4. The number of hydrogen-bond acceptors (Lipinski definition) is 7. The lowest BCUT2D eigenvalue weighted by Crippen LogP contribution is -2.41. The zero-order valence-corrected chi connectivity index (χ0v) is 26.3. The molecule has 0 aliphatic heterocycles. The van der Waals surface area contributed by atoms with E-state index in [0.29, 0.717) is 30.1 Å². The molecular weight excluding hydrogens is 581 g/mol. The maximum absolute atomic E-state index is 16.2. The van der Waals surface area contributed by atoms with E-state index >= 15 is 4.39 Å². The first-order valence-corrected chi connectivity index (χ1v) is 16.2. The summed E-state index contributed by atoms with van der Waals surface area (Å²) in [6, 6.07) is 11.1.